The highest BCUT2D eigenvalue weighted by atomic mass is 35.5. The molecule has 0 aliphatic heterocycles. The second kappa shape index (κ2) is 9.96. The van der Waals surface area contributed by atoms with E-state index in [1.54, 1.807) is 0 Å². The molecule has 0 saturated carbocycles. The van der Waals surface area contributed by atoms with Crippen molar-refractivity contribution in [2.45, 2.75) is 39.3 Å². The van der Waals surface area contributed by atoms with Gasteiger partial charge in [-0.3, -0.25) is 4.79 Å². The van der Waals surface area contributed by atoms with E-state index in [0.717, 1.165) is 17.0 Å². The third-order valence-electron chi connectivity index (χ3n) is 3.60. The molecule has 130 valence electrons. The summed E-state index contributed by atoms with van der Waals surface area (Å²) >= 11 is 0. The minimum absolute atomic E-state index is 0. The van der Waals surface area contributed by atoms with Crippen molar-refractivity contribution in [3.8, 4) is 5.75 Å². The number of rotatable bonds is 7. The molecule has 0 bridgehead atoms. The fourth-order valence-corrected chi connectivity index (χ4v) is 2.18. The van der Waals surface area contributed by atoms with Crippen LogP contribution >= 0.6 is 12.4 Å². The molecule has 0 aliphatic rings. The van der Waals surface area contributed by atoms with Crippen molar-refractivity contribution in [1.82, 2.24) is 0 Å². The molecule has 2 rings (SSSR count). The zero-order valence-electron chi connectivity index (χ0n) is 14.1. The molecule has 1 unspecified atom stereocenters. The lowest BCUT2D eigenvalue weighted by atomic mass is 10.1. The molecule has 24 heavy (non-hydrogen) atoms. The van der Waals surface area contributed by atoms with Gasteiger partial charge >= 0.3 is 0 Å². The standard InChI is InChI=1S/C19H24N2O2.ClH/c1-14-6-3-4-7-16(14)13-23-18-9-5-8-17(12-18)21-19(22)11-10-15(2)20;/h3-9,12,15H,10-11,13,20H2,1-2H3,(H,21,22);1H. The smallest absolute Gasteiger partial charge is 0.224 e. The lowest BCUT2D eigenvalue weighted by Gasteiger charge is -2.11. The van der Waals surface area contributed by atoms with Gasteiger partial charge in [-0.05, 0) is 43.5 Å². The van der Waals surface area contributed by atoms with Crippen molar-refractivity contribution in [3.63, 3.8) is 0 Å². The van der Waals surface area contributed by atoms with Gasteiger partial charge in [0.1, 0.15) is 12.4 Å². The summed E-state index contributed by atoms with van der Waals surface area (Å²) in [6, 6.07) is 15.6. The first-order valence-corrected chi connectivity index (χ1v) is 7.87. The SMILES string of the molecule is Cc1ccccc1COc1cccc(NC(=O)CCC(C)N)c1.Cl. The number of halogens is 1. The van der Waals surface area contributed by atoms with Crippen LogP contribution in [0, 0.1) is 6.92 Å². The van der Waals surface area contributed by atoms with E-state index in [0.29, 0.717) is 19.4 Å². The van der Waals surface area contributed by atoms with E-state index >= 15 is 0 Å². The monoisotopic (exact) mass is 348 g/mol. The molecule has 4 nitrogen and oxygen atoms in total. The first kappa shape index (κ1) is 20.0. The number of nitrogens with two attached hydrogens (primary N) is 1. The van der Waals surface area contributed by atoms with E-state index in [9.17, 15) is 4.79 Å². The van der Waals surface area contributed by atoms with Gasteiger partial charge in [-0.25, -0.2) is 0 Å². The van der Waals surface area contributed by atoms with Crippen LogP contribution in [0.5, 0.6) is 5.75 Å². The number of hydrogen-bond donors (Lipinski definition) is 2. The lowest BCUT2D eigenvalue weighted by Crippen LogP contribution is -2.19. The van der Waals surface area contributed by atoms with Gasteiger partial charge in [-0.15, -0.1) is 12.4 Å². The Bertz CT molecular complexity index is 659. The van der Waals surface area contributed by atoms with Gasteiger partial charge in [0, 0.05) is 24.2 Å². The summed E-state index contributed by atoms with van der Waals surface area (Å²) in [6.45, 7) is 4.47. The Morgan fingerprint density at radius 2 is 1.96 bits per heavy atom. The predicted molar refractivity (Wildman–Crippen MR) is 101 cm³/mol. The van der Waals surface area contributed by atoms with Crippen molar-refractivity contribution in [2.24, 2.45) is 5.73 Å². The van der Waals surface area contributed by atoms with Crippen LogP contribution in [-0.2, 0) is 11.4 Å². The van der Waals surface area contributed by atoms with E-state index < -0.39 is 0 Å². The summed E-state index contributed by atoms with van der Waals surface area (Å²) in [6.07, 6.45) is 1.10. The van der Waals surface area contributed by atoms with E-state index in [1.165, 1.54) is 5.56 Å². The van der Waals surface area contributed by atoms with Crippen molar-refractivity contribution in [1.29, 1.82) is 0 Å². The lowest BCUT2D eigenvalue weighted by molar-refractivity contribution is -0.116. The molecule has 1 amide bonds. The zero-order valence-corrected chi connectivity index (χ0v) is 14.9. The Labute approximate surface area is 149 Å². The number of amides is 1. The van der Waals surface area contributed by atoms with E-state index in [1.807, 2.05) is 43.3 Å². The Hall–Kier alpha value is -2.04. The maximum atomic E-state index is 11.8. The third-order valence-corrected chi connectivity index (χ3v) is 3.60. The van der Waals surface area contributed by atoms with Crippen LogP contribution < -0.4 is 15.8 Å². The molecule has 0 fully saturated rings. The van der Waals surface area contributed by atoms with Gasteiger partial charge < -0.3 is 15.8 Å². The zero-order chi connectivity index (χ0) is 16.7. The van der Waals surface area contributed by atoms with Gasteiger partial charge in [-0.1, -0.05) is 30.3 Å². The Morgan fingerprint density at radius 3 is 2.67 bits per heavy atom. The fraction of sp³-hybridized carbons (Fsp3) is 0.316. The summed E-state index contributed by atoms with van der Waals surface area (Å²) in [5.74, 6) is 0.705. The number of aryl methyl sites for hydroxylation is 1. The average Bonchev–Trinajstić information content (AvgIpc) is 2.52. The number of hydrogen-bond acceptors (Lipinski definition) is 3. The normalized spacial score (nSPS) is 11.3. The van der Waals surface area contributed by atoms with Crippen LogP contribution in [0.25, 0.3) is 0 Å². The quantitative estimate of drug-likeness (QED) is 0.793. The van der Waals surface area contributed by atoms with Crippen LogP contribution in [0.2, 0.25) is 0 Å². The van der Waals surface area contributed by atoms with E-state index in [2.05, 4.69) is 24.4 Å². The summed E-state index contributed by atoms with van der Waals surface area (Å²) in [5.41, 5.74) is 8.76. The van der Waals surface area contributed by atoms with Gasteiger partial charge in [0.05, 0.1) is 0 Å². The topological polar surface area (TPSA) is 64.3 Å². The first-order valence-electron chi connectivity index (χ1n) is 7.87. The van der Waals surface area contributed by atoms with Crippen molar-refractivity contribution >= 4 is 24.0 Å². The number of anilines is 1. The second-order valence-electron chi connectivity index (χ2n) is 5.81. The average molecular weight is 349 g/mol. The highest BCUT2D eigenvalue weighted by Crippen LogP contribution is 2.19. The molecule has 0 aromatic heterocycles. The number of ether oxygens (including phenoxy) is 1. The van der Waals surface area contributed by atoms with E-state index in [4.69, 9.17) is 10.5 Å². The van der Waals surface area contributed by atoms with Crippen molar-refractivity contribution < 1.29 is 9.53 Å². The number of carbonyl (C=O) groups excluding carboxylic acids is 1. The molecule has 2 aromatic rings. The number of benzene rings is 2. The predicted octanol–water partition coefficient (Wildman–Crippen LogP) is 4.06. The number of carbonyl (C=O) groups is 1. The second-order valence-corrected chi connectivity index (χ2v) is 5.81. The van der Waals surface area contributed by atoms with Crippen LogP contribution in [0.15, 0.2) is 48.5 Å². The molecule has 5 heteroatoms. The van der Waals surface area contributed by atoms with E-state index in [-0.39, 0.29) is 24.4 Å². The molecule has 2 aromatic carbocycles. The van der Waals surface area contributed by atoms with Gasteiger partial charge in [0.15, 0.2) is 0 Å². The van der Waals surface area contributed by atoms with Crippen molar-refractivity contribution in [2.75, 3.05) is 5.32 Å². The molecule has 0 heterocycles. The summed E-state index contributed by atoms with van der Waals surface area (Å²) in [7, 11) is 0. The molecule has 0 spiro atoms. The Kier molecular flexibility index (Phi) is 8.30. The summed E-state index contributed by atoms with van der Waals surface area (Å²) < 4.78 is 5.82. The molecule has 1 atom stereocenters. The Morgan fingerprint density at radius 1 is 1.21 bits per heavy atom. The highest BCUT2D eigenvalue weighted by Gasteiger charge is 2.05. The van der Waals surface area contributed by atoms with Crippen LogP contribution in [0.1, 0.15) is 30.9 Å². The minimum atomic E-state index is -0.0293. The van der Waals surface area contributed by atoms with Gasteiger partial charge in [0.2, 0.25) is 5.91 Å². The molecular weight excluding hydrogens is 324 g/mol. The molecule has 0 saturated heterocycles. The molecular formula is C19H25ClN2O2. The third kappa shape index (κ3) is 6.60. The van der Waals surface area contributed by atoms with Crippen molar-refractivity contribution in [3.05, 3.63) is 59.7 Å². The molecule has 0 radical (unpaired) electrons. The minimum Gasteiger partial charge on any atom is -0.489 e. The fourth-order valence-electron chi connectivity index (χ4n) is 2.18. The van der Waals surface area contributed by atoms with Gasteiger partial charge in [-0.2, -0.15) is 0 Å². The summed E-state index contributed by atoms with van der Waals surface area (Å²) in [4.78, 5) is 11.8. The van der Waals surface area contributed by atoms with Crippen LogP contribution in [0.4, 0.5) is 5.69 Å². The molecule has 3 N–H and O–H groups in total. The Balaban J connectivity index is 0.00000288. The molecule has 0 aliphatic carbocycles. The summed E-state index contributed by atoms with van der Waals surface area (Å²) in [5, 5.41) is 2.87. The highest BCUT2D eigenvalue weighted by molar-refractivity contribution is 5.90. The maximum Gasteiger partial charge on any atom is 0.224 e. The van der Waals surface area contributed by atoms with Gasteiger partial charge in [0.25, 0.3) is 0 Å². The first-order chi connectivity index (χ1) is 11.0. The number of nitrogens with one attached hydrogen (secondary N) is 1. The van der Waals surface area contributed by atoms with Crippen LogP contribution in [-0.4, -0.2) is 11.9 Å². The maximum absolute atomic E-state index is 11.8. The van der Waals surface area contributed by atoms with Crippen LogP contribution in [0.3, 0.4) is 0 Å². The largest absolute Gasteiger partial charge is 0.489 e.